The van der Waals surface area contributed by atoms with Crippen molar-refractivity contribution in [2.75, 3.05) is 13.7 Å². The summed E-state index contributed by atoms with van der Waals surface area (Å²) in [4.78, 5) is 24.2. The van der Waals surface area contributed by atoms with Crippen LogP contribution in [-0.4, -0.2) is 31.6 Å². The number of carbonyl (C=O) groups is 2. The Kier molecular flexibility index (Phi) is 9.42. The number of Topliss-reactive ketones (excluding diaryl/α,β-unsaturated/α-hetero) is 1. The average molecular weight is 427 g/mol. The summed E-state index contributed by atoms with van der Waals surface area (Å²) >= 11 is 0. The number of hydrogen-bond acceptors (Lipinski definition) is 5. The number of fused-ring (bicyclic) bond motifs is 4. The van der Waals surface area contributed by atoms with Gasteiger partial charge in [-0.1, -0.05) is 56.4 Å². The van der Waals surface area contributed by atoms with Crippen LogP contribution in [-0.2, 0) is 25.5 Å². The van der Waals surface area contributed by atoms with Gasteiger partial charge in [-0.2, -0.15) is 0 Å². The smallest absolute Gasteiger partial charge is 0.306 e. The Hall–Kier alpha value is -2.32. The molecular formula is C26H34O5. The van der Waals surface area contributed by atoms with Gasteiger partial charge in [-0.15, -0.1) is 0 Å². The van der Waals surface area contributed by atoms with Gasteiger partial charge in [-0.3, -0.25) is 9.59 Å². The molecule has 1 saturated heterocycles. The van der Waals surface area contributed by atoms with Crippen LogP contribution in [0.4, 0.5) is 0 Å². The summed E-state index contributed by atoms with van der Waals surface area (Å²) < 4.78 is 16.8. The highest BCUT2D eigenvalue weighted by Gasteiger charge is 2.29. The maximum atomic E-state index is 12.4. The highest BCUT2D eigenvalue weighted by molar-refractivity contribution is 5.81. The molecule has 1 fully saturated rings. The summed E-state index contributed by atoms with van der Waals surface area (Å²) in [7, 11) is 1.67. The van der Waals surface area contributed by atoms with Crippen molar-refractivity contribution in [3.8, 4) is 17.6 Å². The SMILES string of the molecule is COc1ccc2c(c1)CCCCCCCCCCC(=O)OCC#CC1CC(=O)CC2O1. The quantitative estimate of drug-likeness (QED) is 0.462. The van der Waals surface area contributed by atoms with E-state index in [0.29, 0.717) is 12.8 Å². The molecular weight excluding hydrogens is 392 g/mol. The van der Waals surface area contributed by atoms with Crippen LogP contribution in [0.1, 0.15) is 87.9 Å². The molecule has 3 rings (SSSR count). The number of aryl methyl sites for hydroxylation is 1. The van der Waals surface area contributed by atoms with E-state index in [0.717, 1.165) is 37.0 Å². The number of rotatable bonds is 1. The second-order valence-corrected chi connectivity index (χ2v) is 8.44. The lowest BCUT2D eigenvalue weighted by atomic mass is 9.91. The second-order valence-electron chi connectivity index (χ2n) is 8.44. The van der Waals surface area contributed by atoms with Crippen LogP contribution < -0.4 is 4.74 Å². The molecule has 2 unspecified atom stereocenters. The van der Waals surface area contributed by atoms with Crippen molar-refractivity contribution in [1.29, 1.82) is 0 Å². The van der Waals surface area contributed by atoms with Crippen molar-refractivity contribution >= 4 is 11.8 Å². The molecule has 168 valence electrons. The minimum atomic E-state index is -0.467. The second kappa shape index (κ2) is 12.5. The standard InChI is InChI=1S/C26H34O5/c1-29-22-14-15-24-20(17-22)11-8-6-4-2-3-5-7-9-13-26(28)30-16-10-12-23-18-21(27)19-25(24)31-23/h14-15,17,23,25H,2-9,11,13,16,18-19H2,1H3. The first-order valence-corrected chi connectivity index (χ1v) is 11.6. The summed E-state index contributed by atoms with van der Waals surface area (Å²) in [6.07, 6.45) is 10.3. The van der Waals surface area contributed by atoms with Gasteiger partial charge < -0.3 is 14.2 Å². The van der Waals surface area contributed by atoms with Gasteiger partial charge >= 0.3 is 5.97 Å². The average Bonchev–Trinajstić information content (AvgIpc) is 2.77. The lowest BCUT2D eigenvalue weighted by molar-refractivity contribution is -0.142. The Morgan fingerprint density at radius 1 is 0.935 bits per heavy atom. The molecule has 1 aromatic rings. The minimum absolute atomic E-state index is 0.0470. The number of hydrogen-bond donors (Lipinski definition) is 0. The molecule has 31 heavy (non-hydrogen) atoms. The first-order chi connectivity index (χ1) is 15.2. The van der Waals surface area contributed by atoms with Gasteiger partial charge in [0.15, 0.2) is 6.61 Å². The molecule has 2 bridgehead atoms. The molecule has 0 amide bonds. The molecule has 2 heterocycles. The number of ketones is 1. The van der Waals surface area contributed by atoms with Crippen LogP contribution in [0.5, 0.6) is 5.75 Å². The van der Waals surface area contributed by atoms with Crippen LogP contribution in [0.25, 0.3) is 0 Å². The van der Waals surface area contributed by atoms with Gasteiger partial charge in [0.2, 0.25) is 0 Å². The fraction of sp³-hybridized carbons (Fsp3) is 0.615. The zero-order chi connectivity index (χ0) is 21.9. The van der Waals surface area contributed by atoms with E-state index in [4.69, 9.17) is 14.2 Å². The van der Waals surface area contributed by atoms with E-state index in [-0.39, 0.29) is 30.9 Å². The van der Waals surface area contributed by atoms with Crippen LogP contribution >= 0.6 is 0 Å². The number of esters is 1. The fourth-order valence-corrected chi connectivity index (χ4v) is 4.29. The van der Waals surface area contributed by atoms with Crippen LogP contribution in [0, 0.1) is 11.8 Å². The Morgan fingerprint density at radius 3 is 2.39 bits per heavy atom. The summed E-state index contributed by atoms with van der Waals surface area (Å²) in [6.45, 7) is 0.0470. The molecule has 5 nitrogen and oxygen atoms in total. The van der Waals surface area contributed by atoms with Crippen LogP contribution in [0.2, 0.25) is 0 Å². The summed E-state index contributed by atoms with van der Waals surface area (Å²) in [5, 5.41) is 0. The van der Waals surface area contributed by atoms with E-state index in [1.165, 1.54) is 37.7 Å². The molecule has 0 aromatic heterocycles. The molecule has 0 radical (unpaired) electrons. The lowest BCUT2D eigenvalue weighted by Gasteiger charge is -2.28. The van der Waals surface area contributed by atoms with Gasteiger partial charge in [0.25, 0.3) is 0 Å². The zero-order valence-electron chi connectivity index (χ0n) is 18.6. The zero-order valence-corrected chi connectivity index (χ0v) is 18.6. The summed E-state index contributed by atoms with van der Waals surface area (Å²) in [5.41, 5.74) is 2.25. The van der Waals surface area contributed by atoms with Gasteiger partial charge in [-0.25, -0.2) is 0 Å². The van der Waals surface area contributed by atoms with Crippen molar-refractivity contribution in [1.82, 2.24) is 0 Å². The van der Waals surface area contributed by atoms with Crippen molar-refractivity contribution in [2.24, 2.45) is 0 Å². The van der Waals surface area contributed by atoms with E-state index < -0.39 is 6.10 Å². The Labute approximate surface area is 185 Å². The maximum Gasteiger partial charge on any atom is 0.306 e. The third kappa shape index (κ3) is 7.70. The molecule has 0 N–H and O–H groups in total. The van der Waals surface area contributed by atoms with Gasteiger partial charge in [-0.05, 0) is 42.5 Å². The third-order valence-corrected chi connectivity index (χ3v) is 6.00. The minimum Gasteiger partial charge on any atom is -0.497 e. The highest BCUT2D eigenvalue weighted by Crippen LogP contribution is 2.34. The van der Waals surface area contributed by atoms with Gasteiger partial charge in [0.05, 0.1) is 13.2 Å². The van der Waals surface area contributed by atoms with Crippen molar-refractivity contribution < 1.29 is 23.8 Å². The summed E-state index contributed by atoms with van der Waals surface area (Å²) in [6, 6.07) is 6.03. The summed E-state index contributed by atoms with van der Waals surface area (Å²) in [5.74, 6) is 6.62. The number of carbonyl (C=O) groups excluding carboxylic acids is 2. The normalized spacial score (nSPS) is 24.2. The van der Waals surface area contributed by atoms with Crippen LogP contribution in [0.3, 0.4) is 0 Å². The predicted molar refractivity (Wildman–Crippen MR) is 119 cm³/mol. The first-order valence-electron chi connectivity index (χ1n) is 11.6. The Balaban J connectivity index is 1.75. The number of methoxy groups -OCH3 is 1. The van der Waals surface area contributed by atoms with Crippen molar-refractivity contribution in [2.45, 2.75) is 89.3 Å². The molecule has 0 spiro atoms. The Morgan fingerprint density at radius 2 is 1.65 bits per heavy atom. The number of ether oxygens (including phenoxy) is 3. The van der Waals surface area contributed by atoms with Crippen LogP contribution in [0.15, 0.2) is 18.2 Å². The third-order valence-electron chi connectivity index (χ3n) is 6.00. The number of cyclic esters (lactones) is 1. The van der Waals surface area contributed by atoms with E-state index in [1.807, 2.05) is 12.1 Å². The van der Waals surface area contributed by atoms with Gasteiger partial charge in [0, 0.05) is 19.3 Å². The Bertz CT molecular complexity index is 804. The highest BCUT2D eigenvalue weighted by atomic mass is 16.5. The molecule has 2 aliphatic heterocycles. The molecule has 0 aliphatic carbocycles. The largest absolute Gasteiger partial charge is 0.497 e. The molecule has 1 aromatic carbocycles. The monoisotopic (exact) mass is 426 g/mol. The van der Waals surface area contributed by atoms with E-state index in [1.54, 1.807) is 7.11 Å². The maximum absolute atomic E-state index is 12.4. The predicted octanol–water partition coefficient (Wildman–Crippen LogP) is 5.10. The molecule has 2 aliphatic rings. The topological polar surface area (TPSA) is 61.8 Å². The van der Waals surface area contributed by atoms with Gasteiger partial charge in [0.1, 0.15) is 17.6 Å². The molecule has 2 atom stereocenters. The first kappa shape index (κ1) is 23.3. The van der Waals surface area contributed by atoms with Crippen molar-refractivity contribution in [3.63, 3.8) is 0 Å². The van der Waals surface area contributed by atoms with E-state index >= 15 is 0 Å². The fourth-order valence-electron chi connectivity index (χ4n) is 4.29. The number of benzene rings is 1. The van der Waals surface area contributed by atoms with Crippen molar-refractivity contribution in [3.05, 3.63) is 29.3 Å². The van der Waals surface area contributed by atoms with E-state index in [2.05, 4.69) is 17.9 Å². The molecule has 5 heteroatoms. The lowest BCUT2D eigenvalue weighted by Crippen LogP contribution is -2.28. The molecule has 0 saturated carbocycles. The van der Waals surface area contributed by atoms with E-state index in [9.17, 15) is 9.59 Å².